The summed E-state index contributed by atoms with van der Waals surface area (Å²) in [5.41, 5.74) is 3.52. The number of halogens is 1. The largest absolute Gasteiger partial charge is 0.370 e. The number of thiophene rings is 1. The van der Waals surface area contributed by atoms with Gasteiger partial charge in [-0.05, 0) is 59.9 Å². The van der Waals surface area contributed by atoms with Gasteiger partial charge in [-0.2, -0.15) is 11.3 Å². The molecule has 0 bridgehead atoms. The van der Waals surface area contributed by atoms with Gasteiger partial charge in [-0.3, -0.25) is 0 Å². The monoisotopic (exact) mass is 314 g/mol. The van der Waals surface area contributed by atoms with Gasteiger partial charge in [0.2, 0.25) is 0 Å². The number of aromatic nitrogens is 1. The Balaban J connectivity index is 1.79. The van der Waals surface area contributed by atoms with Crippen molar-refractivity contribution >= 4 is 27.9 Å². The molecule has 0 radical (unpaired) electrons. The highest BCUT2D eigenvalue weighted by molar-refractivity contribution is 7.07. The van der Waals surface area contributed by atoms with Crippen LogP contribution in [-0.4, -0.2) is 17.7 Å². The molecule has 0 unspecified atom stereocenters. The first-order chi connectivity index (χ1) is 10.8. The highest BCUT2D eigenvalue weighted by Gasteiger charge is 2.17. The molecule has 0 atom stereocenters. The Bertz CT molecular complexity index is 770. The Kier molecular flexibility index (Phi) is 3.62. The van der Waals surface area contributed by atoms with E-state index in [2.05, 4.69) is 32.5 Å². The third-order valence-electron chi connectivity index (χ3n) is 4.45. The van der Waals surface area contributed by atoms with E-state index in [1.807, 2.05) is 6.07 Å². The number of benzene rings is 1. The van der Waals surface area contributed by atoms with Crippen LogP contribution in [0.25, 0.3) is 10.9 Å². The molecule has 3 aromatic rings. The first-order valence-electron chi connectivity index (χ1n) is 7.86. The van der Waals surface area contributed by atoms with E-state index in [-0.39, 0.29) is 5.82 Å². The number of fused-ring (bicyclic) bond motifs is 1. The maximum atomic E-state index is 13.7. The first-order valence-corrected chi connectivity index (χ1v) is 8.80. The number of hydrogen-bond donors (Lipinski definition) is 0. The molecule has 1 aliphatic heterocycles. The number of anilines is 1. The third-order valence-corrected chi connectivity index (χ3v) is 5.19. The van der Waals surface area contributed by atoms with Gasteiger partial charge in [-0.15, -0.1) is 0 Å². The Morgan fingerprint density at radius 3 is 2.73 bits per heavy atom. The molecule has 0 amide bonds. The van der Waals surface area contributed by atoms with Gasteiger partial charge in [0, 0.05) is 31.2 Å². The summed E-state index contributed by atoms with van der Waals surface area (Å²) in [6.07, 6.45) is 6.02. The van der Waals surface area contributed by atoms with E-state index in [0.29, 0.717) is 0 Å². The second-order valence-electron chi connectivity index (χ2n) is 5.98. The van der Waals surface area contributed by atoms with Gasteiger partial charge in [-0.25, -0.2) is 4.39 Å². The van der Waals surface area contributed by atoms with E-state index < -0.39 is 0 Å². The molecular formula is C18H19FN2S. The number of hydrogen-bond acceptors (Lipinski definition) is 2. The van der Waals surface area contributed by atoms with Crippen LogP contribution < -0.4 is 4.90 Å². The van der Waals surface area contributed by atoms with Gasteiger partial charge >= 0.3 is 0 Å². The van der Waals surface area contributed by atoms with Crippen molar-refractivity contribution in [1.29, 1.82) is 0 Å². The molecular weight excluding hydrogens is 295 g/mol. The molecule has 1 saturated heterocycles. The average Bonchev–Trinajstić information content (AvgIpc) is 3.17. The van der Waals surface area contributed by atoms with Gasteiger partial charge in [0.1, 0.15) is 5.82 Å². The molecule has 3 heterocycles. The van der Waals surface area contributed by atoms with E-state index >= 15 is 0 Å². The predicted molar refractivity (Wildman–Crippen MR) is 91.4 cm³/mol. The first kappa shape index (κ1) is 13.8. The van der Waals surface area contributed by atoms with Gasteiger partial charge in [0.15, 0.2) is 0 Å². The number of piperidine rings is 1. The minimum Gasteiger partial charge on any atom is -0.370 e. The van der Waals surface area contributed by atoms with Gasteiger partial charge in [0.05, 0.1) is 11.2 Å². The van der Waals surface area contributed by atoms with Crippen LogP contribution in [0.1, 0.15) is 24.8 Å². The minimum atomic E-state index is -0.164. The molecule has 0 spiro atoms. The molecule has 1 fully saturated rings. The van der Waals surface area contributed by atoms with Gasteiger partial charge < -0.3 is 9.47 Å². The molecule has 22 heavy (non-hydrogen) atoms. The zero-order valence-corrected chi connectivity index (χ0v) is 13.3. The second kappa shape index (κ2) is 5.76. The van der Waals surface area contributed by atoms with E-state index in [9.17, 15) is 4.39 Å². The Labute approximate surface area is 133 Å². The summed E-state index contributed by atoms with van der Waals surface area (Å²) in [6, 6.07) is 7.30. The summed E-state index contributed by atoms with van der Waals surface area (Å²) in [5, 5.41) is 5.41. The smallest absolute Gasteiger partial charge is 0.125 e. The second-order valence-corrected chi connectivity index (χ2v) is 6.76. The summed E-state index contributed by atoms with van der Waals surface area (Å²) in [5.74, 6) is -0.164. The summed E-state index contributed by atoms with van der Waals surface area (Å²) >= 11 is 1.70. The highest BCUT2D eigenvalue weighted by Crippen LogP contribution is 2.32. The van der Waals surface area contributed by atoms with Crippen molar-refractivity contribution in [1.82, 2.24) is 4.57 Å². The molecule has 2 nitrogen and oxygen atoms in total. The zero-order chi connectivity index (χ0) is 14.9. The van der Waals surface area contributed by atoms with E-state index in [4.69, 9.17) is 0 Å². The predicted octanol–water partition coefficient (Wildman–Crippen LogP) is 4.88. The lowest BCUT2D eigenvalue weighted by Gasteiger charge is -2.28. The molecule has 0 aliphatic carbocycles. The lowest BCUT2D eigenvalue weighted by molar-refractivity contribution is 0.578. The fourth-order valence-electron chi connectivity index (χ4n) is 3.34. The van der Waals surface area contributed by atoms with Crippen LogP contribution in [-0.2, 0) is 6.54 Å². The van der Waals surface area contributed by atoms with Crippen LogP contribution in [0.15, 0.2) is 41.2 Å². The van der Waals surface area contributed by atoms with Crippen LogP contribution in [0.2, 0.25) is 0 Å². The molecule has 4 heteroatoms. The molecule has 2 aromatic heterocycles. The number of rotatable bonds is 3. The standard InChI is InChI=1S/C18H19FN2S/c19-15-4-5-16-17(10-15)21(11-14-6-9-22-13-14)12-18(16)20-7-2-1-3-8-20/h4-6,9-10,12-13H,1-3,7-8,11H2. The zero-order valence-electron chi connectivity index (χ0n) is 12.5. The van der Waals surface area contributed by atoms with Crippen LogP contribution >= 0.6 is 11.3 Å². The maximum absolute atomic E-state index is 13.7. The normalized spacial score (nSPS) is 15.6. The van der Waals surface area contributed by atoms with Gasteiger partial charge in [0.25, 0.3) is 0 Å². The molecule has 1 aliphatic rings. The Morgan fingerprint density at radius 2 is 1.95 bits per heavy atom. The van der Waals surface area contributed by atoms with Gasteiger partial charge in [-0.1, -0.05) is 0 Å². The maximum Gasteiger partial charge on any atom is 0.125 e. The molecule has 114 valence electrons. The Hall–Kier alpha value is -1.81. The lowest BCUT2D eigenvalue weighted by Crippen LogP contribution is -2.29. The summed E-state index contributed by atoms with van der Waals surface area (Å²) < 4.78 is 15.9. The third kappa shape index (κ3) is 2.52. The Morgan fingerprint density at radius 1 is 1.09 bits per heavy atom. The van der Waals surface area contributed by atoms with Crippen molar-refractivity contribution in [3.05, 3.63) is 52.6 Å². The quantitative estimate of drug-likeness (QED) is 0.669. The fourth-order valence-corrected chi connectivity index (χ4v) is 4.00. The van der Waals surface area contributed by atoms with E-state index in [0.717, 1.165) is 25.2 Å². The number of nitrogens with zero attached hydrogens (tertiary/aromatic N) is 2. The highest BCUT2D eigenvalue weighted by atomic mass is 32.1. The van der Waals surface area contributed by atoms with Crippen LogP contribution in [0.4, 0.5) is 10.1 Å². The molecule has 4 rings (SSSR count). The molecule has 0 saturated carbocycles. The van der Waals surface area contributed by atoms with Crippen LogP contribution in [0, 0.1) is 5.82 Å². The van der Waals surface area contributed by atoms with E-state index in [1.54, 1.807) is 23.5 Å². The van der Waals surface area contributed by atoms with Crippen LogP contribution in [0.5, 0.6) is 0 Å². The fraction of sp³-hybridized carbons (Fsp3) is 0.333. The molecule has 1 aromatic carbocycles. The van der Waals surface area contributed by atoms with E-state index in [1.165, 1.54) is 35.9 Å². The van der Waals surface area contributed by atoms with Crippen molar-refractivity contribution in [3.8, 4) is 0 Å². The topological polar surface area (TPSA) is 8.17 Å². The lowest BCUT2D eigenvalue weighted by atomic mass is 10.1. The van der Waals surface area contributed by atoms with Crippen molar-refractivity contribution in [3.63, 3.8) is 0 Å². The van der Waals surface area contributed by atoms with Crippen molar-refractivity contribution in [2.75, 3.05) is 18.0 Å². The minimum absolute atomic E-state index is 0.164. The van der Waals surface area contributed by atoms with Crippen molar-refractivity contribution in [2.45, 2.75) is 25.8 Å². The molecule has 0 N–H and O–H groups in total. The SMILES string of the molecule is Fc1ccc2c(N3CCCCC3)cn(Cc3ccsc3)c2c1. The summed E-state index contributed by atoms with van der Waals surface area (Å²) in [6.45, 7) is 3.02. The average molecular weight is 314 g/mol. The van der Waals surface area contributed by atoms with Crippen molar-refractivity contribution in [2.24, 2.45) is 0 Å². The van der Waals surface area contributed by atoms with Crippen molar-refractivity contribution < 1.29 is 4.39 Å². The van der Waals surface area contributed by atoms with Crippen LogP contribution in [0.3, 0.4) is 0 Å². The summed E-state index contributed by atoms with van der Waals surface area (Å²) in [7, 11) is 0. The summed E-state index contributed by atoms with van der Waals surface area (Å²) in [4.78, 5) is 2.45.